The van der Waals surface area contributed by atoms with E-state index in [1.807, 2.05) is 13.8 Å². The number of carbonyl (C=O) groups excluding carboxylic acids is 3. The van der Waals surface area contributed by atoms with Gasteiger partial charge in [0, 0.05) is 20.3 Å². The molecule has 0 aromatic heterocycles. The number of amides is 1. The summed E-state index contributed by atoms with van der Waals surface area (Å²) in [6.07, 6.45) is 4.08. The molecule has 0 heterocycles. The Hall–Kier alpha value is -1.34. The van der Waals surface area contributed by atoms with Crippen LogP contribution in [0.1, 0.15) is 41.9 Å². The molecule has 1 rings (SSSR count). The van der Waals surface area contributed by atoms with E-state index in [0.29, 0.717) is 12.0 Å². The molecule has 0 radical (unpaired) electrons. The number of hydrogen-bond donors (Lipinski definition) is 2. The van der Waals surface area contributed by atoms with E-state index in [1.54, 1.807) is 12.3 Å². The zero-order valence-corrected chi connectivity index (χ0v) is 15.7. The summed E-state index contributed by atoms with van der Waals surface area (Å²) >= 11 is 3.53. The highest BCUT2D eigenvalue weighted by Gasteiger charge is 2.36. The van der Waals surface area contributed by atoms with Crippen LogP contribution >= 0.6 is 12.6 Å². The number of thiol groups is 1. The summed E-state index contributed by atoms with van der Waals surface area (Å²) in [5.74, 6) is -0.938. The Balaban J connectivity index is 0.00000277. The van der Waals surface area contributed by atoms with E-state index in [2.05, 4.69) is 17.9 Å². The van der Waals surface area contributed by atoms with Crippen molar-refractivity contribution >= 4 is 30.8 Å². The van der Waals surface area contributed by atoms with Crippen molar-refractivity contribution in [2.75, 3.05) is 12.9 Å². The van der Waals surface area contributed by atoms with E-state index < -0.39 is 12.1 Å². The topological polar surface area (TPSA) is 81.7 Å². The Kier molecular flexibility index (Phi) is 10.4. The quantitative estimate of drug-likeness (QED) is 0.411. The van der Waals surface area contributed by atoms with Crippen molar-refractivity contribution in [1.29, 1.82) is 0 Å². The maximum atomic E-state index is 12.1. The molecule has 6 nitrogen and oxygen atoms in total. The van der Waals surface area contributed by atoms with E-state index in [4.69, 9.17) is 10.8 Å². The number of rotatable bonds is 7. The fourth-order valence-corrected chi connectivity index (χ4v) is 2.61. The first-order valence-corrected chi connectivity index (χ1v) is 8.76. The van der Waals surface area contributed by atoms with Gasteiger partial charge in [-0.1, -0.05) is 0 Å². The van der Waals surface area contributed by atoms with Crippen LogP contribution in [-0.2, 0) is 23.9 Å². The van der Waals surface area contributed by atoms with Gasteiger partial charge >= 0.3 is 5.97 Å². The summed E-state index contributed by atoms with van der Waals surface area (Å²) in [6.45, 7) is 5.16. The number of carbonyl (C=O) groups is 3. The zero-order valence-electron chi connectivity index (χ0n) is 15.8. The fourth-order valence-electron chi connectivity index (χ4n) is 2.61. The van der Waals surface area contributed by atoms with Crippen molar-refractivity contribution in [2.24, 2.45) is 5.92 Å². The molecule has 24 heavy (non-hydrogen) atoms. The molecule has 0 unspecified atom stereocenters. The fraction of sp³-hybridized carbons (Fsp3) is 0.706. The zero-order chi connectivity index (χ0) is 19.4. The highest BCUT2D eigenvalue weighted by molar-refractivity contribution is 7.79. The lowest BCUT2D eigenvalue weighted by Crippen LogP contribution is -2.51. The summed E-state index contributed by atoms with van der Waals surface area (Å²) < 4.78 is 17.9. The van der Waals surface area contributed by atoms with Crippen LogP contribution in [-0.4, -0.2) is 49.3 Å². The molecule has 1 N–H and O–H groups in total. The molecule has 0 saturated heterocycles. The minimum atomic E-state index is -0.504. The Morgan fingerprint density at radius 2 is 2.17 bits per heavy atom. The van der Waals surface area contributed by atoms with Gasteiger partial charge in [0.2, 0.25) is 5.91 Å². The molecule has 7 heteroatoms. The van der Waals surface area contributed by atoms with Gasteiger partial charge in [0.05, 0.1) is 24.9 Å². The van der Waals surface area contributed by atoms with Crippen LogP contribution in [0.25, 0.3) is 0 Å². The van der Waals surface area contributed by atoms with E-state index >= 15 is 0 Å². The van der Waals surface area contributed by atoms with Crippen LogP contribution < -0.4 is 5.32 Å². The third-order valence-electron chi connectivity index (χ3n) is 3.40. The second kappa shape index (κ2) is 12.1. The number of nitrogens with one attached hydrogen (secondary N) is 1. The van der Waals surface area contributed by atoms with Crippen LogP contribution in [0, 0.1) is 5.92 Å². The van der Waals surface area contributed by atoms with Crippen molar-refractivity contribution in [3.63, 3.8) is 0 Å². The van der Waals surface area contributed by atoms with Crippen LogP contribution in [0.5, 0.6) is 0 Å². The first kappa shape index (κ1) is 20.7. The first-order chi connectivity index (χ1) is 11.9. The average molecular weight is 361 g/mol. The highest BCUT2D eigenvalue weighted by Crippen LogP contribution is 2.30. The molecular weight excluding hydrogens is 330 g/mol. The second-order valence-electron chi connectivity index (χ2n) is 5.57. The second-order valence-corrected chi connectivity index (χ2v) is 5.57. The summed E-state index contributed by atoms with van der Waals surface area (Å²) in [7, 11) is 0. The molecule has 138 valence electrons. The minimum absolute atomic E-state index is 0.00275. The van der Waals surface area contributed by atoms with Crippen LogP contribution in [0.2, 0.25) is 0 Å². The van der Waals surface area contributed by atoms with Crippen LogP contribution in [0.4, 0.5) is 0 Å². The van der Waals surface area contributed by atoms with Gasteiger partial charge < -0.3 is 19.6 Å². The SMILES string of the molecule is CS.[3H]CCOC(=O)C1=C[C@@H](OC(C)C)[C@H](NC(C)=O)[C@@H](CC=O)C1. The molecule has 1 aliphatic carbocycles. The van der Waals surface area contributed by atoms with Crippen LogP contribution in [0.3, 0.4) is 0 Å². The molecule has 1 aliphatic rings. The van der Waals surface area contributed by atoms with E-state index in [-0.39, 0.29) is 43.9 Å². The molecule has 0 spiro atoms. The Bertz CT molecular complexity index is 470. The van der Waals surface area contributed by atoms with E-state index in [1.165, 1.54) is 6.92 Å². The standard InChI is InChI=1S/C16H25NO5.CH4S/c1-5-21-16(20)13-8-12(6-7-18)15(17-11(4)19)14(9-13)22-10(2)3;1-2/h7,9-10,12,14-15H,5-6,8H2,1-4H3,(H,17,19);2H,1H3/t12-,14+,15+;/m0./s1/i1T;. The molecule has 0 aliphatic heterocycles. The van der Waals surface area contributed by atoms with Gasteiger partial charge in [-0.3, -0.25) is 4.79 Å². The van der Waals surface area contributed by atoms with Gasteiger partial charge in [0.15, 0.2) is 0 Å². The molecule has 3 atom stereocenters. The molecule has 0 aromatic carbocycles. The van der Waals surface area contributed by atoms with Gasteiger partial charge in [0.25, 0.3) is 0 Å². The molecule has 1 amide bonds. The summed E-state index contributed by atoms with van der Waals surface area (Å²) in [4.78, 5) is 34.5. The summed E-state index contributed by atoms with van der Waals surface area (Å²) in [5, 5.41) is 2.83. The summed E-state index contributed by atoms with van der Waals surface area (Å²) in [6, 6.07) is -0.368. The number of hydrogen-bond acceptors (Lipinski definition) is 6. The Morgan fingerprint density at radius 1 is 1.50 bits per heavy atom. The van der Waals surface area contributed by atoms with E-state index in [9.17, 15) is 14.4 Å². The van der Waals surface area contributed by atoms with Gasteiger partial charge in [0.1, 0.15) is 6.29 Å². The largest absolute Gasteiger partial charge is 0.463 e. The maximum Gasteiger partial charge on any atom is 0.333 e. The normalized spacial score (nSPS) is 23.3. The molecule has 0 fully saturated rings. The maximum absolute atomic E-state index is 12.1. The number of aldehydes is 1. The molecule has 0 aromatic rings. The van der Waals surface area contributed by atoms with Gasteiger partial charge in [-0.15, -0.1) is 0 Å². The lowest BCUT2D eigenvalue weighted by atomic mass is 9.80. The van der Waals surface area contributed by atoms with E-state index in [0.717, 1.165) is 6.29 Å². The Morgan fingerprint density at radius 3 is 2.67 bits per heavy atom. The van der Waals surface area contributed by atoms with Gasteiger partial charge in [-0.25, -0.2) is 4.79 Å². The van der Waals surface area contributed by atoms with Crippen LogP contribution in [0.15, 0.2) is 11.6 Å². The smallest absolute Gasteiger partial charge is 0.333 e. The third kappa shape index (κ3) is 7.49. The predicted octanol–water partition coefficient (Wildman–Crippen LogP) is 1.93. The number of ether oxygens (including phenoxy) is 2. The monoisotopic (exact) mass is 361 g/mol. The van der Waals surface area contributed by atoms with Crippen molar-refractivity contribution < 1.29 is 25.2 Å². The van der Waals surface area contributed by atoms with Crippen molar-refractivity contribution in [3.05, 3.63) is 11.6 Å². The molecule has 0 bridgehead atoms. The van der Waals surface area contributed by atoms with Crippen molar-refractivity contribution in [3.8, 4) is 0 Å². The van der Waals surface area contributed by atoms with Crippen molar-refractivity contribution in [1.82, 2.24) is 5.32 Å². The average Bonchev–Trinajstić information content (AvgIpc) is 2.56. The molecule has 0 saturated carbocycles. The van der Waals surface area contributed by atoms with Crippen molar-refractivity contribution in [2.45, 2.75) is 58.8 Å². The lowest BCUT2D eigenvalue weighted by molar-refractivity contribution is -0.139. The van der Waals surface area contributed by atoms with Gasteiger partial charge in [-0.2, -0.15) is 12.6 Å². The summed E-state index contributed by atoms with van der Waals surface area (Å²) in [5.41, 5.74) is 0.428. The lowest BCUT2D eigenvalue weighted by Gasteiger charge is -2.37. The predicted molar refractivity (Wildman–Crippen MR) is 96.0 cm³/mol. The first-order valence-electron chi connectivity index (χ1n) is 8.57. The highest BCUT2D eigenvalue weighted by atomic mass is 32.1. The third-order valence-corrected chi connectivity index (χ3v) is 3.40. The molecular formula is C17H29NO5S. The minimum Gasteiger partial charge on any atom is -0.463 e. The van der Waals surface area contributed by atoms with Gasteiger partial charge in [-0.05, 0) is 45.4 Å². The Labute approximate surface area is 151 Å². The number of esters is 1.